The van der Waals surface area contributed by atoms with E-state index in [0.717, 1.165) is 15.8 Å². The molecule has 0 saturated carbocycles. The van der Waals surface area contributed by atoms with E-state index in [1.54, 1.807) is 11.6 Å². The SMILES string of the molecule is O=S1(=O)NC(CO)CCCNc2nc(ncc2Br)Nc2csc1c2. The van der Waals surface area contributed by atoms with E-state index in [1.807, 2.05) is 0 Å². The number of aliphatic hydroxyl groups excluding tert-OH is 1. The Morgan fingerprint density at radius 2 is 2.29 bits per heavy atom. The largest absolute Gasteiger partial charge is 0.395 e. The summed E-state index contributed by atoms with van der Waals surface area (Å²) in [6.45, 7) is 0.338. The number of nitrogens with one attached hydrogen (secondary N) is 3. The molecule has 3 heterocycles. The molecule has 8 nitrogen and oxygen atoms in total. The summed E-state index contributed by atoms with van der Waals surface area (Å²) in [5.74, 6) is 1.03. The third-order valence-corrected chi connectivity index (χ3v) is 6.94. The number of halogens is 1. The van der Waals surface area contributed by atoms with Crippen molar-refractivity contribution in [2.75, 3.05) is 23.8 Å². The van der Waals surface area contributed by atoms with Crippen LogP contribution in [-0.2, 0) is 10.0 Å². The van der Waals surface area contributed by atoms with Crippen LogP contribution in [0.3, 0.4) is 0 Å². The lowest BCUT2D eigenvalue weighted by atomic mass is 10.2. The van der Waals surface area contributed by atoms with Crippen LogP contribution in [-0.4, -0.2) is 42.7 Å². The second-order valence-electron chi connectivity index (χ2n) is 5.24. The average Bonchev–Trinajstić information content (AvgIpc) is 3.01. The molecule has 1 aliphatic rings. The molecule has 130 valence electrons. The third-order valence-electron chi connectivity index (χ3n) is 3.40. The predicted octanol–water partition coefficient (Wildman–Crippen LogP) is 1.89. The smallest absolute Gasteiger partial charge is 0.250 e. The fourth-order valence-corrected chi connectivity index (χ4v) is 4.94. The summed E-state index contributed by atoms with van der Waals surface area (Å²) in [4.78, 5) is 8.55. The lowest BCUT2D eigenvalue weighted by molar-refractivity contribution is 0.249. The Morgan fingerprint density at radius 3 is 3.08 bits per heavy atom. The highest BCUT2D eigenvalue weighted by atomic mass is 79.9. The molecular formula is C13H16BrN5O3S2. The number of rotatable bonds is 1. The molecule has 1 atom stereocenters. The molecule has 3 rings (SSSR count). The van der Waals surface area contributed by atoms with E-state index in [4.69, 9.17) is 0 Å². The summed E-state index contributed by atoms with van der Waals surface area (Å²) in [5, 5.41) is 17.3. The maximum absolute atomic E-state index is 12.4. The molecular weight excluding hydrogens is 418 g/mol. The number of thiophene rings is 1. The summed E-state index contributed by atoms with van der Waals surface area (Å²) >= 11 is 4.49. The quantitative estimate of drug-likeness (QED) is 0.542. The van der Waals surface area contributed by atoms with Crippen LogP contribution in [0.5, 0.6) is 0 Å². The van der Waals surface area contributed by atoms with Crippen molar-refractivity contribution in [2.24, 2.45) is 0 Å². The molecule has 11 heteroatoms. The highest BCUT2D eigenvalue weighted by Gasteiger charge is 2.22. The van der Waals surface area contributed by atoms with Gasteiger partial charge in [-0.1, -0.05) is 0 Å². The Labute approximate surface area is 151 Å². The average molecular weight is 434 g/mol. The molecule has 0 saturated heterocycles. The zero-order chi connectivity index (χ0) is 17.2. The lowest BCUT2D eigenvalue weighted by Crippen LogP contribution is -2.37. The molecule has 1 unspecified atom stereocenters. The minimum Gasteiger partial charge on any atom is -0.395 e. The molecule has 24 heavy (non-hydrogen) atoms. The van der Waals surface area contributed by atoms with Gasteiger partial charge in [0.05, 0.1) is 16.8 Å². The third kappa shape index (κ3) is 4.03. The van der Waals surface area contributed by atoms with Gasteiger partial charge >= 0.3 is 0 Å². The molecule has 2 aromatic heterocycles. The van der Waals surface area contributed by atoms with Crippen LogP contribution >= 0.6 is 27.3 Å². The number of aliphatic hydroxyl groups is 1. The lowest BCUT2D eigenvalue weighted by Gasteiger charge is -2.16. The van der Waals surface area contributed by atoms with Crippen LogP contribution in [0.2, 0.25) is 0 Å². The Morgan fingerprint density at radius 1 is 1.46 bits per heavy atom. The Kier molecular flexibility index (Phi) is 5.35. The minimum atomic E-state index is -3.66. The number of sulfonamides is 1. The Bertz CT molecular complexity index is 827. The first-order valence-electron chi connectivity index (χ1n) is 7.23. The van der Waals surface area contributed by atoms with Crippen molar-refractivity contribution in [1.82, 2.24) is 14.7 Å². The van der Waals surface area contributed by atoms with Crippen LogP contribution in [0.15, 0.2) is 26.3 Å². The number of fused-ring (bicyclic) bond motifs is 4. The Hall–Kier alpha value is -1.27. The number of nitrogens with zero attached hydrogens (tertiary/aromatic N) is 2. The molecule has 1 aliphatic heterocycles. The molecule has 2 aromatic rings. The van der Waals surface area contributed by atoms with Gasteiger partial charge in [-0.15, -0.1) is 11.3 Å². The van der Waals surface area contributed by atoms with E-state index in [-0.39, 0.29) is 10.8 Å². The second-order valence-corrected chi connectivity index (χ2v) is 8.95. The summed E-state index contributed by atoms with van der Waals surface area (Å²) < 4.78 is 28.3. The van der Waals surface area contributed by atoms with Crippen molar-refractivity contribution < 1.29 is 13.5 Å². The van der Waals surface area contributed by atoms with Crippen molar-refractivity contribution in [3.05, 3.63) is 22.1 Å². The van der Waals surface area contributed by atoms with Gasteiger partial charge < -0.3 is 15.7 Å². The topological polar surface area (TPSA) is 116 Å². The van der Waals surface area contributed by atoms with Crippen LogP contribution < -0.4 is 15.4 Å². The number of hydrogen-bond acceptors (Lipinski definition) is 8. The van der Waals surface area contributed by atoms with Crippen LogP contribution in [0.25, 0.3) is 0 Å². The zero-order valence-corrected chi connectivity index (χ0v) is 15.7. The van der Waals surface area contributed by atoms with Gasteiger partial charge in [0, 0.05) is 24.2 Å². The van der Waals surface area contributed by atoms with E-state index in [0.29, 0.717) is 36.8 Å². The first-order valence-corrected chi connectivity index (χ1v) is 10.4. The Balaban J connectivity index is 1.96. The van der Waals surface area contributed by atoms with E-state index in [9.17, 15) is 13.5 Å². The first kappa shape index (κ1) is 17.5. The normalized spacial score (nSPS) is 20.5. The van der Waals surface area contributed by atoms with Crippen LogP contribution in [0, 0.1) is 0 Å². The highest BCUT2D eigenvalue weighted by molar-refractivity contribution is 9.10. The van der Waals surface area contributed by atoms with Crippen molar-refractivity contribution >= 4 is 54.7 Å². The van der Waals surface area contributed by atoms with Gasteiger partial charge in [0.1, 0.15) is 10.0 Å². The van der Waals surface area contributed by atoms with Crippen LogP contribution in [0.4, 0.5) is 17.5 Å². The van der Waals surface area contributed by atoms with Crippen molar-refractivity contribution in [2.45, 2.75) is 23.1 Å². The molecule has 4 bridgehead atoms. The molecule has 0 spiro atoms. The maximum Gasteiger partial charge on any atom is 0.250 e. The van der Waals surface area contributed by atoms with Crippen LogP contribution in [0.1, 0.15) is 12.8 Å². The predicted molar refractivity (Wildman–Crippen MR) is 96.3 cm³/mol. The number of hydrogen-bond donors (Lipinski definition) is 4. The van der Waals surface area contributed by atoms with Gasteiger partial charge in [0.15, 0.2) is 0 Å². The molecule has 0 amide bonds. The van der Waals surface area contributed by atoms with E-state index in [1.165, 1.54) is 6.07 Å². The summed E-state index contributed by atoms with van der Waals surface area (Å²) in [5.41, 5.74) is 0.589. The fraction of sp³-hybridized carbons (Fsp3) is 0.385. The number of aromatic nitrogens is 2. The summed E-state index contributed by atoms with van der Waals surface area (Å²) in [6.07, 6.45) is 2.81. The van der Waals surface area contributed by atoms with E-state index >= 15 is 0 Å². The molecule has 0 aliphatic carbocycles. The summed E-state index contributed by atoms with van der Waals surface area (Å²) in [6, 6.07) is 0.994. The van der Waals surface area contributed by atoms with Gasteiger partial charge in [-0.3, -0.25) is 0 Å². The zero-order valence-electron chi connectivity index (χ0n) is 12.5. The molecule has 4 N–H and O–H groups in total. The first-order chi connectivity index (χ1) is 11.5. The minimum absolute atomic E-state index is 0.177. The van der Waals surface area contributed by atoms with Crippen molar-refractivity contribution in [3.63, 3.8) is 0 Å². The van der Waals surface area contributed by atoms with Crippen molar-refractivity contribution in [3.8, 4) is 0 Å². The molecule has 0 aromatic carbocycles. The van der Waals surface area contributed by atoms with Gasteiger partial charge in [0.2, 0.25) is 16.0 Å². The van der Waals surface area contributed by atoms with Gasteiger partial charge in [-0.25, -0.2) is 18.1 Å². The standard InChI is InChI=1S/C13H16BrN5O3S2/c14-10-5-16-13-17-9-4-11(23-7-9)24(21,22)19-8(6-20)2-1-3-15-12(10)18-13/h4-5,7-8,19-20H,1-3,6H2,(H2,15,16,17,18). The second kappa shape index (κ2) is 7.31. The van der Waals surface area contributed by atoms with Gasteiger partial charge in [-0.2, -0.15) is 4.98 Å². The van der Waals surface area contributed by atoms with E-state index in [2.05, 4.69) is 41.3 Å². The number of anilines is 3. The maximum atomic E-state index is 12.4. The summed E-state index contributed by atoms with van der Waals surface area (Å²) in [7, 11) is -3.66. The molecule has 0 fully saturated rings. The van der Waals surface area contributed by atoms with E-state index < -0.39 is 16.1 Å². The highest BCUT2D eigenvalue weighted by Crippen LogP contribution is 2.27. The molecule has 0 radical (unpaired) electrons. The fourth-order valence-electron chi connectivity index (χ4n) is 2.22. The monoisotopic (exact) mass is 433 g/mol. The van der Waals surface area contributed by atoms with Crippen molar-refractivity contribution in [1.29, 1.82) is 0 Å². The van der Waals surface area contributed by atoms with Gasteiger partial charge in [-0.05, 0) is 34.8 Å². The van der Waals surface area contributed by atoms with Gasteiger partial charge in [0.25, 0.3) is 0 Å².